The Hall–Kier alpha value is -1.58. The number of aromatic amines is 1. The van der Waals surface area contributed by atoms with Crippen molar-refractivity contribution >= 4 is 5.97 Å². The zero-order valence-corrected chi connectivity index (χ0v) is 7.90. The fraction of sp³-hybridized carbons (Fsp3) is 0.400. The minimum Gasteiger partial charge on any atom is -0.478 e. The molecular formula is C10H12N2O2. The fourth-order valence-electron chi connectivity index (χ4n) is 1.61. The molecule has 1 heterocycles. The SMILES string of the molecule is C/C(=C\C1CC1c1c[nH]cn1)C(=O)O. The predicted octanol–water partition coefficient (Wildman–Crippen LogP) is 1.54. The van der Waals surface area contributed by atoms with Gasteiger partial charge < -0.3 is 10.1 Å². The lowest BCUT2D eigenvalue weighted by Gasteiger charge is -1.92. The Morgan fingerprint density at radius 3 is 3.14 bits per heavy atom. The van der Waals surface area contributed by atoms with Gasteiger partial charge in [0.05, 0.1) is 12.0 Å². The Morgan fingerprint density at radius 2 is 2.57 bits per heavy atom. The number of carbonyl (C=O) groups is 1. The molecular weight excluding hydrogens is 180 g/mol. The molecule has 0 saturated heterocycles. The molecule has 74 valence electrons. The zero-order chi connectivity index (χ0) is 10.1. The smallest absolute Gasteiger partial charge is 0.330 e. The van der Waals surface area contributed by atoms with Gasteiger partial charge in [0.25, 0.3) is 0 Å². The number of carboxylic acid groups (broad SMARTS) is 1. The molecule has 1 aliphatic rings. The van der Waals surface area contributed by atoms with Crippen LogP contribution in [0.5, 0.6) is 0 Å². The molecule has 0 bridgehead atoms. The third kappa shape index (κ3) is 1.69. The first-order valence-electron chi connectivity index (χ1n) is 4.59. The summed E-state index contributed by atoms with van der Waals surface area (Å²) in [5, 5.41) is 8.69. The first-order chi connectivity index (χ1) is 6.68. The molecule has 2 unspecified atom stereocenters. The molecule has 14 heavy (non-hydrogen) atoms. The van der Waals surface area contributed by atoms with Gasteiger partial charge in [0.2, 0.25) is 0 Å². The lowest BCUT2D eigenvalue weighted by molar-refractivity contribution is -0.132. The van der Waals surface area contributed by atoms with Crippen LogP contribution in [0.4, 0.5) is 0 Å². The molecule has 1 saturated carbocycles. The number of hydrogen-bond acceptors (Lipinski definition) is 2. The Balaban J connectivity index is 2.00. The minimum absolute atomic E-state index is 0.356. The first kappa shape index (κ1) is 8.99. The van der Waals surface area contributed by atoms with Crippen LogP contribution in [0.25, 0.3) is 0 Å². The summed E-state index contributed by atoms with van der Waals surface area (Å²) >= 11 is 0. The number of nitrogens with zero attached hydrogens (tertiary/aromatic N) is 1. The molecule has 1 aromatic heterocycles. The van der Waals surface area contributed by atoms with Crippen LogP contribution in [-0.2, 0) is 4.79 Å². The van der Waals surface area contributed by atoms with Gasteiger partial charge in [-0.15, -0.1) is 0 Å². The van der Waals surface area contributed by atoms with E-state index in [4.69, 9.17) is 5.11 Å². The number of aliphatic carboxylic acids is 1. The van der Waals surface area contributed by atoms with Gasteiger partial charge in [0, 0.05) is 17.7 Å². The first-order valence-corrected chi connectivity index (χ1v) is 4.59. The summed E-state index contributed by atoms with van der Waals surface area (Å²) in [5.41, 5.74) is 1.46. The summed E-state index contributed by atoms with van der Waals surface area (Å²) in [6.07, 6.45) is 6.35. The fourth-order valence-corrected chi connectivity index (χ4v) is 1.61. The lowest BCUT2D eigenvalue weighted by Crippen LogP contribution is -1.96. The number of hydrogen-bond donors (Lipinski definition) is 2. The summed E-state index contributed by atoms with van der Waals surface area (Å²) in [6.45, 7) is 1.63. The summed E-state index contributed by atoms with van der Waals surface area (Å²) in [7, 11) is 0. The van der Waals surface area contributed by atoms with Crippen molar-refractivity contribution in [1.29, 1.82) is 0 Å². The van der Waals surface area contributed by atoms with Crippen LogP contribution in [0, 0.1) is 5.92 Å². The highest BCUT2D eigenvalue weighted by Gasteiger charge is 2.38. The Kier molecular flexibility index (Phi) is 2.11. The van der Waals surface area contributed by atoms with Crippen molar-refractivity contribution in [3.05, 3.63) is 29.9 Å². The number of rotatable bonds is 3. The third-order valence-electron chi connectivity index (χ3n) is 2.54. The molecule has 2 N–H and O–H groups in total. The molecule has 0 spiro atoms. The molecule has 1 aromatic rings. The van der Waals surface area contributed by atoms with Crippen LogP contribution in [0.15, 0.2) is 24.2 Å². The lowest BCUT2D eigenvalue weighted by atomic mass is 10.2. The van der Waals surface area contributed by atoms with Crippen LogP contribution >= 0.6 is 0 Å². The van der Waals surface area contributed by atoms with E-state index < -0.39 is 5.97 Å². The molecule has 4 heteroatoms. The monoisotopic (exact) mass is 192 g/mol. The van der Waals surface area contributed by atoms with E-state index in [1.54, 1.807) is 13.3 Å². The molecule has 0 aliphatic heterocycles. The van der Waals surface area contributed by atoms with Crippen molar-refractivity contribution in [2.45, 2.75) is 19.3 Å². The van der Waals surface area contributed by atoms with Crippen molar-refractivity contribution in [1.82, 2.24) is 9.97 Å². The number of nitrogens with one attached hydrogen (secondary N) is 1. The van der Waals surface area contributed by atoms with Gasteiger partial charge in [-0.2, -0.15) is 0 Å². The Morgan fingerprint density at radius 1 is 1.79 bits per heavy atom. The average molecular weight is 192 g/mol. The number of carboxylic acids is 1. The van der Waals surface area contributed by atoms with Crippen LogP contribution in [0.2, 0.25) is 0 Å². The van der Waals surface area contributed by atoms with Gasteiger partial charge in [-0.05, 0) is 19.3 Å². The summed E-state index contributed by atoms with van der Waals surface area (Å²) in [6, 6.07) is 0. The van der Waals surface area contributed by atoms with Crippen LogP contribution in [-0.4, -0.2) is 21.0 Å². The van der Waals surface area contributed by atoms with Crippen molar-refractivity contribution < 1.29 is 9.90 Å². The van der Waals surface area contributed by atoms with Crippen molar-refractivity contribution in [3.8, 4) is 0 Å². The van der Waals surface area contributed by atoms with Crippen LogP contribution in [0.1, 0.15) is 25.0 Å². The normalized spacial score (nSPS) is 26.2. The minimum atomic E-state index is -0.835. The Labute approximate surface area is 81.7 Å². The number of imidazole rings is 1. The molecule has 2 rings (SSSR count). The van der Waals surface area contributed by atoms with E-state index in [-0.39, 0.29) is 0 Å². The highest BCUT2D eigenvalue weighted by atomic mass is 16.4. The van der Waals surface area contributed by atoms with Crippen LogP contribution in [0.3, 0.4) is 0 Å². The maximum Gasteiger partial charge on any atom is 0.330 e. The van der Waals surface area contributed by atoms with Gasteiger partial charge in [-0.25, -0.2) is 9.78 Å². The molecule has 2 atom stereocenters. The van der Waals surface area contributed by atoms with E-state index in [1.807, 2.05) is 12.3 Å². The second-order valence-corrected chi connectivity index (χ2v) is 3.65. The van der Waals surface area contributed by atoms with E-state index >= 15 is 0 Å². The van der Waals surface area contributed by atoms with E-state index in [9.17, 15) is 4.79 Å². The maximum atomic E-state index is 10.6. The van der Waals surface area contributed by atoms with Crippen molar-refractivity contribution in [2.75, 3.05) is 0 Å². The van der Waals surface area contributed by atoms with Gasteiger partial charge in [0.15, 0.2) is 0 Å². The third-order valence-corrected chi connectivity index (χ3v) is 2.54. The molecule has 1 fully saturated rings. The Bertz CT molecular complexity index is 367. The van der Waals surface area contributed by atoms with Crippen LogP contribution < -0.4 is 0 Å². The number of H-pyrrole nitrogens is 1. The van der Waals surface area contributed by atoms with E-state index in [0.29, 0.717) is 17.4 Å². The largest absolute Gasteiger partial charge is 0.478 e. The zero-order valence-electron chi connectivity index (χ0n) is 7.90. The quantitative estimate of drug-likeness (QED) is 0.714. The molecule has 0 radical (unpaired) electrons. The van der Waals surface area contributed by atoms with Gasteiger partial charge in [0.1, 0.15) is 0 Å². The van der Waals surface area contributed by atoms with Crippen molar-refractivity contribution in [2.24, 2.45) is 5.92 Å². The summed E-state index contributed by atoms with van der Waals surface area (Å²) in [4.78, 5) is 17.6. The molecule has 1 aliphatic carbocycles. The van der Waals surface area contributed by atoms with Crippen molar-refractivity contribution in [3.63, 3.8) is 0 Å². The van der Waals surface area contributed by atoms with Gasteiger partial charge >= 0.3 is 5.97 Å². The molecule has 0 amide bonds. The highest BCUT2D eigenvalue weighted by Crippen LogP contribution is 2.47. The second-order valence-electron chi connectivity index (χ2n) is 3.65. The number of allylic oxidation sites excluding steroid dienone is 1. The predicted molar refractivity (Wildman–Crippen MR) is 50.8 cm³/mol. The molecule has 0 aromatic carbocycles. The highest BCUT2D eigenvalue weighted by molar-refractivity contribution is 5.85. The second kappa shape index (κ2) is 3.29. The summed E-state index contributed by atoms with van der Waals surface area (Å²) in [5.74, 6) is -0.0670. The van der Waals surface area contributed by atoms with Gasteiger partial charge in [-0.1, -0.05) is 6.08 Å². The van der Waals surface area contributed by atoms with Gasteiger partial charge in [-0.3, -0.25) is 0 Å². The van der Waals surface area contributed by atoms with E-state index in [0.717, 1.165) is 12.1 Å². The van der Waals surface area contributed by atoms with E-state index in [1.165, 1.54) is 0 Å². The topological polar surface area (TPSA) is 66.0 Å². The number of aromatic nitrogens is 2. The molecule has 4 nitrogen and oxygen atoms in total. The summed E-state index contributed by atoms with van der Waals surface area (Å²) < 4.78 is 0. The maximum absolute atomic E-state index is 10.6. The van der Waals surface area contributed by atoms with E-state index in [2.05, 4.69) is 9.97 Å². The average Bonchev–Trinajstić information content (AvgIpc) is 2.70. The standard InChI is InChI=1S/C10H12N2O2/c1-6(10(13)14)2-7-3-8(7)9-4-11-5-12-9/h2,4-5,7-8H,3H2,1H3,(H,11,12)(H,13,14)/b6-2+.